The molecular weight excluding hydrogens is 234 g/mol. The van der Waals surface area contributed by atoms with Crippen LogP contribution in [0.1, 0.15) is 18.1 Å². The van der Waals surface area contributed by atoms with Gasteiger partial charge in [0.25, 0.3) is 0 Å². The standard InChI is InChI=1S/C9H12BrNO2/c10-6-1-2-8(12)7(5-6)9(13)3-4-11/h1-2,5,9,12-13H,3-4,11H2. The molecule has 13 heavy (non-hydrogen) atoms. The van der Waals surface area contributed by atoms with Crippen LogP contribution in [-0.2, 0) is 0 Å². The maximum absolute atomic E-state index is 9.56. The summed E-state index contributed by atoms with van der Waals surface area (Å²) in [5, 5.41) is 19.0. The van der Waals surface area contributed by atoms with Gasteiger partial charge < -0.3 is 15.9 Å². The monoisotopic (exact) mass is 245 g/mol. The van der Waals surface area contributed by atoms with Crippen molar-refractivity contribution in [3.05, 3.63) is 28.2 Å². The van der Waals surface area contributed by atoms with Crippen LogP contribution < -0.4 is 5.73 Å². The zero-order valence-corrected chi connectivity index (χ0v) is 8.66. The van der Waals surface area contributed by atoms with Crippen molar-refractivity contribution in [3.63, 3.8) is 0 Å². The van der Waals surface area contributed by atoms with Crippen molar-refractivity contribution in [2.75, 3.05) is 6.54 Å². The number of rotatable bonds is 3. The van der Waals surface area contributed by atoms with Crippen LogP contribution in [0.3, 0.4) is 0 Å². The summed E-state index contributed by atoms with van der Waals surface area (Å²) in [4.78, 5) is 0. The van der Waals surface area contributed by atoms with Gasteiger partial charge in [-0.3, -0.25) is 0 Å². The van der Waals surface area contributed by atoms with Crippen LogP contribution in [0.5, 0.6) is 5.75 Å². The molecule has 0 fully saturated rings. The number of halogens is 1. The van der Waals surface area contributed by atoms with Gasteiger partial charge in [0.1, 0.15) is 5.75 Å². The lowest BCUT2D eigenvalue weighted by Gasteiger charge is -2.11. The number of phenolic OH excluding ortho intramolecular Hbond substituents is 1. The van der Waals surface area contributed by atoms with Crippen molar-refractivity contribution in [3.8, 4) is 5.75 Å². The molecule has 0 radical (unpaired) electrons. The van der Waals surface area contributed by atoms with Crippen molar-refractivity contribution in [1.82, 2.24) is 0 Å². The average Bonchev–Trinajstić information content (AvgIpc) is 2.09. The minimum atomic E-state index is -0.692. The van der Waals surface area contributed by atoms with E-state index in [1.807, 2.05) is 0 Å². The zero-order valence-electron chi connectivity index (χ0n) is 7.07. The predicted molar refractivity (Wildman–Crippen MR) is 54.4 cm³/mol. The average molecular weight is 246 g/mol. The molecule has 1 unspecified atom stereocenters. The van der Waals surface area contributed by atoms with Crippen LogP contribution in [0.15, 0.2) is 22.7 Å². The van der Waals surface area contributed by atoms with Gasteiger partial charge >= 0.3 is 0 Å². The Morgan fingerprint density at radius 3 is 2.77 bits per heavy atom. The molecule has 0 aliphatic heterocycles. The third-order valence-corrected chi connectivity index (χ3v) is 2.28. The second kappa shape index (κ2) is 4.60. The summed E-state index contributed by atoms with van der Waals surface area (Å²) in [6, 6.07) is 4.95. The molecule has 0 aliphatic rings. The molecule has 0 bridgehead atoms. The lowest BCUT2D eigenvalue weighted by atomic mass is 10.1. The van der Waals surface area contributed by atoms with E-state index in [1.54, 1.807) is 18.2 Å². The van der Waals surface area contributed by atoms with Gasteiger partial charge in [-0.15, -0.1) is 0 Å². The number of aromatic hydroxyl groups is 1. The van der Waals surface area contributed by atoms with Crippen molar-refractivity contribution in [1.29, 1.82) is 0 Å². The quantitative estimate of drug-likeness (QED) is 0.757. The molecule has 0 aromatic heterocycles. The molecule has 4 heteroatoms. The molecule has 0 saturated heterocycles. The third-order valence-electron chi connectivity index (χ3n) is 1.79. The highest BCUT2D eigenvalue weighted by Gasteiger charge is 2.11. The molecule has 3 nitrogen and oxygen atoms in total. The topological polar surface area (TPSA) is 66.5 Å². The summed E-state index contributed by atoms with van der Waals surface area (Å²) < 4.78 is 0.830. The highest BCUT2D eigenvalue weighted by atomic mass is 79.9. The van der Waals surface area contributed by atoms with Crippen LogP contribution in [0.2, 0.25) is 0 Å². The molecule has 1 aromatic carbocycles. The summed E-state index contributed by atoms with van der Waals surface area (Å²) in [5.74, 6) is 0.101. The fourth-order valence-electron chi connectivity index (χ4n) is 1.11. The summed E-state index contributed by atoms with van der Waals surface area (Å²) in [6.45, 7) is 0.396. The van der Waals surface area contributed by atoms with Crippen LogP contribution in [0, 0.1) is 0 Å². The number of aliphatic hydroxyl groups excluding tert-OH is 1. The molecule has 0 spiro atoms. The molecule has 0 aliphatic carbocycles. The second-order valence-corrected chi connectivity index (χ2v) is 3.71. The van der Waals surface area contributed by atoms with E-state index in [0.29, 0.717) is 18.5 Å². The summed E-state index contributed by atoms with van der Waals surface area (Å²) in [5.41, 5.74) is 5.82. The van der Waals surface area contributed by atoms with E-state index in [1.165, 1.54) is 0 Å². The maximum atomic E-state index is 9.56. The number of nitrogens with two attached hydrogens (primary N) is 1. The number of benzene rings is 1. The van der Waals surface area contributed by atoms with Gasteiger partial charge in [0.05, 0.1) is 6.10 Å². The largest absolute Gasteiger partial charge is 0.508 e. The lowest BCUT2D eigenvalue weighted by Crippen LogP contribution is -2.06. The Kier molecular flexibility index (Phi) is 3.71. The first-order valence-corrected chi connectivity index (χ1v) is 4.81. The molecule has 1 atom stereocenters. The molecule has 0 amide bonds. The summed E-state index contributed by atoms with van der Waals surface area (Å²) in [6.07, 6.45) is -0.244. The van der Waals surface area contributed by atoms with Crippen molar-refractivity contribution in [2.45, 2.75) is 12.5 Å². The van der Waals surface area contributed by atoms with Gasteiger partial charge in [0.15, 0.2) is 0 Å². The third kappa shape index (κ3) is 2.69. The van der Waals surface area contributed by atoms with E-state index in [2.05, 4.69) is 15.9 Å². The van der Waals surface area contributed by atoms with E-state index in [9.17, 15) is 10.2 Å². The van der Waals surface area contributed by atoms with Gasteiger partial charge in [0, 0.05) is 10.0 Å². The van der Waals surface area contributed by atoms with E-state index in [-0.39, 0.29) is 5.75 Å². The van der Waals surface area contributed by atoms with Gasteiger partial charge in [-0.05, 0) is 31.2 Å². The lowest BCUT2D eigenvalue weighted by molar-refractivity contribution is 0.166. The smallest absolute Gasteiger partial charge is 0.121 e. The summed E-state index contributed by atoms with van der Waals surface area (Å²) >= 11 is 3.26. The van der Waals surface area contributed by atoms with Crippen LogP contribution in [0.25, 0.3) is 0 Å². The Labute approximate surface area is 85.3 Å². The predicted octanol–water partition coefficient (Wildman–Crippen LogP) is 1.54. The second-order valence-electron chi connectivity index (χ2n) is 2.80. The first kappa shape index (κ1) is 10.5. The van der Waals surface area contributed by atoms with Gasteiger partial charge in [-0.25, -0.2) is 0 Å². The molecule has 1 rings (SSSR count). The van der Waals surface area contributed by atoms with Crippen molar-refractivity contribution >= 4 is 15.9 Å². The fourth-order valence-corrected chi connectivity index (χ4v) is 1.48. The molecule has 4 N–H and O–H groups in total. The maximum Gasteiger partial charge on any atom is 0.121 e. The van der Waals surface area contributed by atoms with Gasteiger partial charge in [0.2, 0.25) is 0 Å². The highest BCUT2D eigenvalue weighted by Crippen LogP contribution is 2.28. The van der Waals surface area contributed by atoms with Gasteiger partial charge in [-0.2, -0.15) is 0 Å². The SMILES string of the molecule is NCCC(O)c1cc(Br)ccc1O. The Hall–Kier alpha value is -0.580. The van der Waals surface area contributed by atoms with E-state index >= 15 is 0 Å². The van der Waals surface area contributed by atoms with Crippen molar-refractivity contribution < 1.29 is 10.2 Å². The Bertz CT molecular complexity index is 291. The fraction of sp³-hybridized carbons (Fsp3) is 0.333. The first-order valence-electron chi connectivity index (χ1n) is 4.01. The Morgan fingerprint density at radius 2 is 2.15 bits per heavy atom. The van der Waals surface area contributed by atoms with E-state index in [0.717, 1.165) is 4.47 Å². The van der Waals surface area contributed by atoms with Crippen LogP contribution in [0.4, 0.5) is 0 Å². The van der Waals surface area contributed by atoms with Gasteiger partial charge in [-0.1, -0.05) is 15.9 Å². The minimum absolute atomic E-state index is 0.101. The molecular formula is C9H12BrNO2. The first-order chi connectivity index (χ1) is 6.15. The minimum Gasteiger partial charge on any atom is -0.508 e. The summed E-state index contributed by atoms with van der Waals surface area (Å²) in [7, 11) is 0. The van der Waals surface area contributed by atoms with Crippen LogP contribution in [-0.4, -0.2) is 16.8 Å². The van der Waals surface area contributed by atoms with E-state index in [4.69, 9.17) is 5.73 Å². The molecule has 0 saturated carbocycles. The van der Waals surface area contributed by atoms with Crippen molar-refractivity contribution in [2.24, 2.45) is 5.73 Å². The number of phenols is 1. The molecule has 1 aromatic rings. The van der Waals surface area contributed by atoms with E-state index < -0.39 is 6.10 Å². The Morgan fingerprint density at radius 1 is 1.46 bits per heavy atom. The Balaban J connectivity index is 2.91. The number of aliphatic hydroxyl groups is 1. The number of hydrogen-bond acceptors (Lipinski definition) is 3. The molecule has 72 valence electrons. The highest BCUT2D eigenvalue weighted by molar-refractivity contribution is 9.10. The molecule has 0 heterocycles. The number of hydrogen-bond donors (Lipinski definition) is 3. The zero-order chi connectivity index (χ0) is 9.84. The van der Waals surface area contributed by atoms with Crippen LogP contribution >= 0.6 is 15.9 Å². The normalized spacial score (nSPS) is 12.8.